The summed E-state index contributed by atoms with van der Waals surface area (Å²) in [7, 11) is 0. The lowest BCUT2D eigenvalue weighted by atomic mass is 10.1. The monoisotopic (exact) mass is 287 g/mol. The van der Waals surface area contributed by atoms with Gasteiger partial charge in [-0.1, -0.05) is 6.07 Å². The molecule has 0 aliphatic carbocycles. The smallest absolute Gasteiger partial charge is 0.276 e. The molecule has 0 saturated carbocycles. The minimum Gasteiger partial charge on any atom is -0.438 e. The highest BCUT2D eigenvalue weighted by atomic mass is 16.6. The molecule has 0 fully saturated rings. The average molecular weight is 287 g/mol. The Morgan fingerprint density at radius 2 is 2.05 bits per heavy atom. The van der Waals surface area contributed by atoms with E-state index in [-0.39, 0.29) is 11.7 Å². The van der Waals surface area contributed by atoms with Crippen molar-refractivity contribution in [3.05, 3.63) is 57.3 Å². The van der Waals surface area contributed by atoms with Crippen LogP contribution in [-0.4, -0.2) is 9.91 Å². The lowest BCUT2D eigenvalue weighted by molar-refractivity contribution is -0.385. The minimum atomic E-state index is -0.424. The van der Waals surface area contributed by atoms with E-state index in [2.05, 4.69) is 4.98 Å². The highest BCUT2D eigenvalue weighted by Crippen LogP contribution is 2.33. The Labute approximate surface area is 122 Å². The first kappa shape index (κ1) is 14.9. The third kappa shape index (κ3) is 3.17. The highest BCUT2D eigenvalue weighted by molar-refractivity contribution is 5.51. The van der Waals surface area contributed by atoms with Gasteiger partial charge in [0.2, 0.25) is 5.88 Å². The first-order valence-corrected chi connectivity index (χ1v) is 6.54. The Bertz CT molecular complexity index is 684. The second-order valence-corrected chi connectivity index (χ2v) is 4.95. The highest BCUT2D eigenvalue weighted by Gasteiger charge is 2.17. The number of pyridine rings is 1. The molecule has 6 nitrogen and oxygen atoms in total. The molecule has 2 aromatic rings. The molecule has 1 heterocycles. The third-order valence-electron chi connectivity index (χ3n) is 3.19. The van der Waals surface area contributed by atoms with E-state index >= 15 is 0 Å². The summed E-state index contributed by atoms with van der Waals surface area (Å²) < 4.78 is 5.75. The van der Waals surface area contributed by atoms with Crippen molar-refractivity contribution in [1.29, 1.82) is 0 Å². The molecule has 0 radical (unpaired) electrons. The van der Waals surface area contributed by atoms with Gasteiger partial charge in [0, 0.05) is 23.4 Å². The molecule has 1 aromatic carbocycles. The molecule has 1 unspecified atom stereocenters. The van der Waals surface area contributed by atoms with Gasteiger partial charge in [0.05, 0.1) is 11.0 Å². The van der Waals surface area contributed by atoms with Crippen LogP contribution in [0.4, 0.5) is 5.69 Å². The van der Waals surface area contributed by atoms with Crippen LogP contribution in [0.3, 0.4) is 0 Å². The summed E-state index contributed by atoms with van der Waals surface area (Å²) in [4.78, 5) is 14.8. The summed E-state index contributed by atoms with van der Waals surface area (Å²) in [6.45, 7) is 5.36. The normalized spacial score (nSPS) is 12.0. The predicted octanol–water partition coefficient (Wildman–Crippen LogP) is 3.42. The number of nitro benzene ring substituents is 1. The van der Waals surface area contributed by atoms with Crippen molar-refractivity contribution in [3.8, 4) is 11.6 Å². The zero-order valence-electron chi connectivity index (χ0n) is 12.2. The van der Waals surface area contributed by atoms with Gasteiger partial charge in [-0.25, -0.2) is 4.98 Å². The van der Waals surface area contributed by atoms with Crippen molar-refractivity contribution in [2.45, 2.75) is 26.8 Å². The summed E-state index contributed by atoms with van der Waals surface area (Å²) in [5.41, 5.74) is 8.05. The van der Waals surface area contributed by atoms with Crippen LogP contribution in [-0.2, 0) is 0 Å². The molecule has 0 spiro atoms. The number of ether oxygens (including phenoxy) is 1. The maximum atomic E-state index is 11.0. The van der Waals surface area contributed by atoms with Crippen molar-refractivity contribution in [2.24, 2.45) is 5.73 Å². The zero-order valence-corrected chi connectivity index (χ0v) is 12.2. The molecule has 0 saturated heterocycles. The van der Waals surface area contributed by atoms with Crippen LogP contribution in [0.15, 0.2) is 30.5 Å². The molecule has 1 atom stereocenters. The number of benzene rings is 1. The molecule has 0 aliphatic rings. The van der Waals surface area contributed by atoms with Gasteiger partial charge in [-0.15, -0.1) is 0 Å². The van der Waals surface area contributed by atoms with Gasteiger partial charge in [-0.2, -0.15) is 0 Å². The Balaban J connectivity index is 2.45. The number of nitrogens with two attached hydrogens (primary N) is 1. The summed E-state index contributed by atoms with van der Waals surface area (Å²) in [5.74, 6) is 0.779. The molecular formula is C15H17N3O3. The number of hydrogen-bond acceptors (Lipinski definition) is 5. The fraction of sp³-hybridized carbons (Fsp3) is 0.267. The van der Waals surface area contributed by atoms with Crippen LogP contribution in [0.5, 0.6) is 11.6 Å². The third-order valence-corrected chi connectivity index (χ3v) is 3.19. The summed E-state index contributed by atoms with van der Waals surface area (Å²) in [6.07, 6.45) is 1.60. The SMILES string of the molecule is Cc1cc(C)c([N+](=O)[O-])cc1Oc1ncccc1C(C)N. The van der Waals surface area contributed by atoms with Gasteiger partial charge in [-0.05, 0) is 38.5 Å². The fourth-order valence-electron chi connectivity index (χ4n) is 2.07. The van der Waals surface area contributed by atoms with Gasteiger partial charge < -0.3 is 10.5 Å². The van der Waals surface area contributed by atoms with Gasteiger partial charge in [0.25, 0.3) is 5.69 Å². The van der Waals surface area contributed by atoms with E-state index in [1.165, 1.54) is 6.07 Å². The number of rotatable bonds is 4. The molecular weight excluding hydrogens is 270 g/mol. The quantitative estimate of drug-likeness (QED) is 0.687. The minimum absolute atomic E-state index is 0.0221. The number of aromatic nitrogens is 1. The van der Waals surface area contributed by atoms with Crippen molar-refractivity contribution >= 4 is 5.69 Å². The second kappa shape index (κ2) is 5.88. The lowest BCUT2D eigenvalue weighted by Crippen LogP contribution is -2.07. The van der Waals surface area contributed by atoms with E-state index in [1.54, 1.807) is 25.3 Å². The predicted molar refractivity (Wildman–Crippen MR) is 79.5 cm³/mol. The van der Waals surface area contributed by atoms with Gasteiger partial charge in [-0.3, -0.25) is 10.1 Å². The van der Waals surface area contributed by atoms with Gasteiger partial charge in [0.1, 0.15) is 5.75 Å². The summed E-state index contributed by atoms with van der Waals surface area (Å²) in [5, 5.41) is 11.0. The number of aryl methyl sites for hydroxylation is 2. The van der Waals surface area contributed by atoms with Crippen molar-refractivity contribution < 1.29 is 9.66 Å². The lowest BCUT2D eigenvalue weighted by Gasteiger charge is -2.14. The Hall–Kier alpha value is -2.47. The van der Waals surface area contributed by atoms with E-state index in [4.69, 9.17) is 10.5 Å². The molecule has 2 rings (SSSR count). The molecule has 0 aliphatic heterocycles. The largest absolute Gasteiger partial charge is 0.438 e. The Morgan fingerprint density at radius 3 is 2.67 bits per heavy atom. The van der Waals surface area contributed by atoms with Crippen LogP contribution in [0.2, 0.25) is 0 Å². The van der Waals surface area contributed by atoms with E-state index in [0.29, 0.717) is 17.2 Å². The first-order valence-electron chi connectivity index (χ1n) is 6.54. The van der Waals surface area contributed by atoms with Crippen LogP contribution in [0.25, 0.3) is 0 Å². The van der Waals surface area contributed by atoms with Crippen LogP contribution in [0, 0.1) is 24.0 Å². The van der Waals surface area contributed by atoms with E-state index in [1.807, 2.05) is 19.9 Å². The number of nitro groups is 1. The number of nitrogens with zero attached hydrogens (tertiary/aromatic N) is 2. The van der Waals surface area contributed by atoms with Gasteiger partial charge >= 0.3 is 0 Å². The second-order valence-electron chi connectivity index (χ2n) is 4.95. The maximum absolute atomic E-state index is 11.0. The Morgan fingerprint density at radius 1 is 1.33 bits per heavy atom. The standard InChI is InChI=1S/C15H17N3O3/c1-9-7-10(2)14(8-13(9)18(19)20)21-15-12(11(3)16)5-4-6-17-15/h4-8,11H,16H2,1-3H3. The van der Waals surface area contributed by atoms with Crippen LogP contribution in [0.1, 0.15) is 29.7 Å². The maximum Gasteiger partial charge on any atom is 0.276 e. The van der Waals surface area contributed by atoms with Crippen LogP contribution < -0.4 is 10.5 Å². The summed E-state index contributed by atoms with van der Waals surface area (Å²) in [6, 6.07) is 6.50. The topological polar surface area (TPSA) is 91.3 Å². The Kier molecular flexibility index (Phi) is 4.18. The molecule has 1 aromatic heterocycles. The molecule has 0 bridgehead atoms. The summed E-state index contributed by atoms with van der Waals surface area (Å²) >= 11 is 0. The molecule has 21 heavy (non-hydrogen) atoms. The average Bonchev–Trinajstić information content (AvgIpc) is 2.41. The fourth-order valence-corrected chi connectivity index (χ4v) is 2.07. The number of hydrogen-bond donors (Lipinski definition) is 1. The van der Waals surface area contributed by atoms with E-state index < -0.39 is 4.92 Å². The zero-order chi connectivity index (χ0) is 15.6. The van der Waals surface area contributed by atoms with Crippen LogP contribution >= 0.6 is 0 Å². The molecule has 110 valence electrons. The molecule has 0 amide bonds. The van der Waals surface area contributed by atoms with Crippen molar-refractivity contribution in [2.75, 3.05) is 0 Å². The van der Waals surface area contributed by atoms with Crippen molar-refractivity contribution in [1.82, 2.24) is 4.98 Å². The van der Waals surface area contributed by atoms with Gasteiger partial charge in [0.15, 0.2) is 0 Å². The molecule has 2 N–H and O–H groups in total. The van der Waals surface area contributed by atoms with E-state index in [9.17, 15) is 10.1 Å². The van der Waals surface area contributed by atoms with Crippen molar-refractivity contribution in [3.63, 3.8) is 0 Å². The molecule has 6 heteroatoms. The first-order chi connectivity index (χ1) is 9.90. The van der Waals surface area contributed by atoms with E-state index in [0.717, 1.165) is 11.1 Å².